The SMILES string of the molecule is O=C1c2ccccc2-c2c(N=P(c3ccccc3)(c3ccccc3)c3ccccc3)c(=O)c3ccccc3n21. The summed E-state index contributed by atoms with van der Waals surface area (Å²) in [6.45, 7) is 0. The lowest BCUT2D eigenvalue weighted by atomic mass is 10.1. The molecule has 0 radical (unpaired) electrons. The molecule has 0 aliphatic carbocycles. The van der Waals surface area contributed by atoms with Gasteiger partial charge in [-0.15, -0.1) is 0 Å². The van der Waals surface area contributed by atoms with Crippen LogP contribution in [0.5, 0.6) is 0 Å². The summed E-state index contributed by atoms with van der Waals surface area (Å²) in [5.74, 6) is -0.142. The number of rotatable bonds is 4. The molecular weight excluding hydrogens is 499 g/mol. The third kappa shape index (κ3) is 3.49. The van der Waals surface area contributed by atoms with E-state index in [1.165, 1.54) is 0 Å². The fourth-order valence-electron chi connectivity index (χ4n) is 5.57. The molecule has 1 aliphatic rings. The van der Waals surface area contributed by atoms with Crippen molar-refractivity contribution in [3.05, 3.63) is 155 Å². The molecule has 1 aromatic heterocycles. The van der Waals surface area contributed by atoms with Crippen LogP contribution in [0.15, 0.2) is 149 Å². The molecule has 186 valence electrons. The molecule has 0 bridgehead atoms. The topological polar surface area (TPSA) is 51.4 Å². The molecule has 4 nitrogen and oxygen atoms in total. The van der Waals surface area contributed by atoms with Gasteiger partial charge in [0.15, 0.2) is 0 Å². The Kier molecular flexibility index (Phi) is 5.50. The minimum Gasteiger partial charge on any atom is -0.287 e. The molecule has 0 spiro atoms. The number of nitrogens with zero attached hydrogens (tertiary/aromatic N) is 2. The van der Waals surface area contributed by atoms with Gasteiger partial charge in [0.1, 0.15) is 5.69 Å². The summed E-state index contributed by atoms with van der Waals surface area (Å²) in [4.78, 5) is 28.1. The quantitative estimate of drug-likeness (QED) is 0.249. The van der Waals surface area contributed by atoms with Gasteiger partial charge in [0.25, 0.3) is 5.91 Å². The van der Waals surface area contributed by atoms with Gasteiger partial charge in [-0.2, -0.15) is 0 Å². The fraction of sp³-hybridized carbons (Fsp3) is 0. The van der Waals surface area contributed by atoms with Gasteiger partial charge in [-0.1, -0.05) is 121 Å². The van der Waals surface area contributed by atoms with Gasteiger partial charge < -0.3 is 0 Å². The van der Waals surface area contributed by atoms with Crippen LogP contribution < -0.4 is 21.3 Å². The van der Waals surface area contributed by atoms with Crippen LogP contribution in [0.2, 0.25) is 0 Å². The van der Waals surface area contributed by atoms with Gasteiger partial charge >= 0.3 is 0 Å². The first kappa shape index (κ1) is 23.3. The fourth-order valence-corrected chi connectivity index (χ4v) is 9.11. The van der Waals surface area contributed by atoms with Crippen LogP contribution in [-0.2, 0) is 0 Å². The molecule has 0 amide bonds. The highest BCUT2D eigenvalue weighted by Gasteiger charge is 2.34. The van der Waals surface area contributed by atoms with E-state index < -0.39 is 7.05 Å². The molecule has 5 heteroatoms. The minimum atomic E-state index is -2.74. The number of para-hydroxylation sites is 1. The summed E-state index contributed by atoms with van der Waals surface area (Å²) in [6.07, 6.45) is 0. The molecule has 0 N–H and O–H groups in total. The van der Waals surface area contributed by atoms with E-state index in [-0.39, 0.29) is 11.3 Å². The van der Waals surface area contributed by atoms with Crippen LogP contribution in [0, 0.1) is 0 Å². The molecule has 39 heavy (non-hydrogen) atoms. The zero-order valence-electron chi connectivity index (χ0n) is 20.9. The summed E-state index contributed by atoms with van der Waals surface area (Å²) < 4.78 is 7.26. The Labute approximate surface area is 225 Å². The van der Waals surface area contributed by atoms with Gasteiger partial charge in [0.05, 0.1) is 18.3 Å². The second-order valence-electron chi connectivity index (χ2n) is 9.47. The van der Waals surface area contributed by atoms with Crippen molar-refractivity contribution in [1.82, 2.24) is 4.57 Å². The van der Waals surface area contributed by atoms with E-state index in [1.807, 2.05) is 97.1 Å². The number of pyridine rings is 1. The van der Waals surface area contributed by atoms with Gasteiger partial charge in [-0.3, -0.25) is 14.2 Å². The molecule has 6 aromatic rings. The zero-order valence-corrected chi connectivity index (χ0v) is 21.8. The first-order valence-corrected chi connectivity index (χ1v) is 14.6. The van der Waals surface area contributed by atoms with Crippen LogP contribution in [-0.4, -0.2) is 10.5 Å². The Balaban J connectivity index is 1.73. The Morgan fingerprint density at radius 1 is 0.513 bits per heavy atom. The van der Waals surface area contributed by atoms with Crippen molar-refractivity contribution in [3.63, 3.8) is 0 Å². The maximum atomic E-state index is 14.4. The smallest absolute Gasteiger partial charge is 0.263 e. The highest BCUT2D eigenvalue weighted by atomic mass is 31.2. The van der Waals surface area contributed by atoms with E-state index in [4.69, 9.17) is 4.74 Å². The Morgan fingerprint density at radius 2 is 0.974 bits per heavy atom. The van der Waals surface area contributed by atoms with Crippen molar-refractivity contribution in [2.45, 2.75) is 0 Å². The lowest BCUT2D eigenvalue weighted by Gasteiger charge is -2.27. The third-order valence-corrected chi connectivity index (χ3v) is 10.9. The standard InChI is InChI=1S/C34H23N2O2P/c37-33-29-22-12-13-23-30(29)36-32(27-20-10-11-21-28(27)34(36)38)31(33)35-39(24-14-4-1-5-15-24,25-16-6-2-7-17-25)26-18-8-3-9-19-26/h1-23H. The molecule has 0 unspecified atom stereocenters. The van der Waals surface area contributed by atoms with Crippen molar-refractivity contribution in [3.8, 4) is 11.3 Å². The van der Waals surface area contributed by atoms with E-state index in [0.717, 1.165) is 21.5 Å². The van der Waals surface area contributed by atoms with Crippen LogP contribution in [0.3, 0.4) is 0 Å². The number of fused-ring (bicyclic) bond motifs is 5. The summed E-state index contributed by atoms with van der Waals surface area (Å²) >= 11 is 0. The lowest BCUT2D eigenvalue weighted by Crippen LogP contribution is -2.25. The molecule has 7 rings (SSSR count). The highest BCUT2D eigenvalue weighted by Crippen LogP contribution is 2.51. The van der Waals surface area contributed by atoms with E-state index in [1.54, 1.807) is 10.6 Å². The van der Waals surface area contributed by atoms with Crippen molar-refractivity contribution in [2.24, 2.45) is 4.74 Å². The Hall–Kier alpha value is -4.79. The Bertz CT molecular complexity index is 1890. The van der Waals surface area contributed by atoms with Crippen molar-refractivity contribution >= 4 is 45.5 Å². The first-order valence-electron chi connectivity index (χ1n) is 12.8. The average molecular weight is 523 g/mol. The number of benzene rings is 5. The maximum absolute atomic E-state index is 14.4. The summed E-state index contributed by atoms with van der Waals surface area (Å²) in [5.41, 5.74) is 2.61. The largest absolute Gasteiger partial charge is 0.287 e. The Morgan fingerprint density at radius 3 is 1.54 bits per heavy atom. The van der Waals surface area contributed by atoms with Gasteiger partial charge in [0, 0.05) is 32.4 Å². The van der Waals surface area contributed by atoms with E-state index >= 15 is 0 Å². The van der Waals surface area contributed by atoms with Gasteiger partial charge in [-0.05, 0) is 18.2 Å². The second kappa shape index (κ2) is 9.20. The maximum Gasteiger partial charge on any atom is 0.263 e. The molecule has 0 atom stereocenters. The number of hydrogen-bond acceptors (Lipinski definition) is 3. The van der Waals surface area contributed by atoms with Crippen molar-refractivity contribution in [2.75, 3.05) is 0 Å². The van der Waals surface area contributed by atoms with Gasteiger partial charge in [-0.25, -0.2) is 4.74 Å². The van der Waals surface area contributed by atoms with Crippen LogP contribution >= 0.6 is 7.05 Å². The second-order valence-corrected chi connectivity index (χ2v) is 12.5. The molecule has 0 saturated carbocycles. The van der Waals surface area contributed by atoms with Crippen LogP contribution in [0.25, 0.3) is 22.2 Å². The predicted molar refractivity (Wildman–Crippen MR) is 161 cm³/mol. The monoisotopic (exact) mass is 522 g/mol. The predicted octanol–water partition coefficient (Wildman–Crippen LogP) is 6.48. The molecule has 0 saturated heterocycles. The third-order valence-electron chi connectivity index (χ3n) is 7.31. The van der Waals surface area contributed by atoms with Gasteiger partial charge in [0.2, 0.25) is 5.43 Å². The molecule has 2 heterocycles. The zero-order chi connectivity index (χ0) is 26.4. The van der Waals surface area contributed by atoms with E-state index in [2.05, 4.69) is 36.4 Å². The first-order chi connectivity index (χ1) is 19.2. The normalized spacial score (nSPS) is 12.3. The molecule has 1 aliphatic heterocycles. The number of aromatic nitrogens is 1. The minimum absolute atomic E-state index is 0.142. The average Bonchev–Trinajstić information content (AvgIpc) is 3.31. The lowest BCUT2D eigenvalue weighted by molar-refractivity contribution is 0.0973. The summed E-state index contributed by atoms with van der Waals surface area (Å²) in [7, 11) is -2.74. The van der Waals surface area contributed by atoms with Crippen LogP contribution in [0.1, 0.15) is 10.4 Å². The molecule has 0 fully saturated rings. The van der Waals surface area contributed by atoms with Crippen LogP contribution in [0.4, 0.5) is 5.69 Å². The van der Waals surface area contributed by atoms with E-state index in [9.17, 15) is 9.59 Å². The van der Waals surface area contributed by atoms with Crippen molar-refractivity contribution in [1.29, 1.82) is 0 Å². The number of carbonyl (C=O) groups excluding carboxylic acids is 1. The summed E-state index contributed by atoms with van der Waals surface area (Å²) in [5, 5.41) is 3.58. The van der Waals surface area contributed by atoms with E-state index in [0.29, 0.717) is 27.8 Å². The van der Waals surface area contributed by atoms with Crippen molar-refractivity contribution < 1.29 is 4.79 Å². The highest BCUT2D eigenvalue weighted by molar-refractivity contribution is 7.87. The molecule has 5 aromatic carbocycles. The number of hydrogen-bond donors (Lipinski definition) is 0. The summed E-state index contributed by atoms with van der Waals surface area (Å²) in [6, 6.07) is 45.4. The molecular formula is C34H23N2O2P. The number of carbonyl (C=O) groups is 1.